The lowest BCUT2D eigenvalue weighted by Gasteiger charge is -2.19. The smallest absolute Gasteiger partial charge is 0.239 e. The Hall–Kier alpha value is -3.46. The molecule has 1 aliphatic heterocycles. The third-order valence-corrected chi connectivity index (χ3v) is 5.22. The zero-order valence-corrected chi connectivity index (χ0v) is 18.6. The molecule has 2 aromatic carbocycles. The summed E-state index contributed by atoms with van der Waals surface area (Å²) in [5.74, 6) is 1.09. The molecule has 0 saturated carbocycles. The van der Waals surface area contributed by atoms with Gasteiger partial charge in [0.25, 0.3) is 0 Å². The first-order valence-corrected chi connectivity index (χ1v) is 10.9. The van der Waals surface area contributed by atoms with Crippen molar-refractivity contribution in [1.29, 1.82) is 0 Å². The van der Waals surface area contributed by atoms with Gasteiger partial charge in [-0.2, -0.15) is 0 Å². The number of nitrogens with zero attached hydrogens (tertiary/aromatic N) is 3. The lowest BCUT2D eigenvalue weighted by Crippen LogP contribution is -2.29. The Balaban J connectivity index is 1.53. The molecule has 3 heterocycles. The number of para-hydroxylation sites is 1. The number of benzene rings is 2. The molecular weight excluding hydrogens is 420 g/mol. The SMILES string of the molecule is CC(C)(O)CNc1cc(Oc2ccccc2)nn2c(-c3ccc(C4OCCO4)cc3)cnc12. The van der Waals surface area contributed by atoms with Gasteiger partial charge in [-0.15, -0.1) is 5.10 Å². The third kappa shape index (κ3) is 4.83. The molecule has 0 unspecified atom stereocenters. The average molecular weight is 447 g/mol. The third-order valence-electron chi connectivity index (χ3n) is 5.22. The molecule has 0 radical (unpaired) electrons. The first-order valence-electron chi connectivity index (χ1n) is 10.9. The summed E-state index contributed by atoms with van der Waals surface area (Å²) in [5, 5.41) is 18.2. The number of rotatable bonds is 7. The highest BCUT2D eigenvalue weighted by Gasteiger charge is 2.20. The zero-order chi connectivity index (χ0) is 22.8. The maximum atomic E-state index is 10.2. The van der Waals surface area contributed by atoms with Crippen molar-refractivity contribution in [2.75, 3.05) is 25.1 Å². The Morgan fingerprint density at radius 1 is 1.09 bits per heavy atom. The Morgan fingerprint density at radius 2 is 1.82 bits per heavy atom. The van der Waals surface area contributed by atoms with E-state index < -0.39 is 5.60 Å². The highest BCUT2D eigenvalue weighted by atomic mass is 16.7. The number of fused-ring (bicyclic) bond motifs is 1. The lowest BCUT2D eigenvalue weighted by atomic mass is 10.1. The molecule has 8 nitrogen and oxygen atoms in total. The molecule has 8 heteroatoms. The minimum absolute atomic E-state index is 0.317. The molecule has 0 aliphatic carbocycles. The molecule has 5 rings (SSSR count). The zero-order valence-electron chi connectivity index (χ0n) is 18.6. The highest BCUT2D eigenvalue weighted by Crippen LogP contribution is 2.30. The van der Waals surface area contributed by atoms with Gasteiger partial charge in [0.2, 0.25) is 5.88 Å². The summed E-state index contributed by atoms with van der Waals surface area (Å²) < 4.78 is 18.9. The van der Waals surface area contributed by atoms with Gasteiger partial charge in [0, 0.05) is 23.7 Å². The number of ether oxygens (including phenoxy) is 3. The number of aromatic nitrogens is 3. The van der Waals surface area contributed by atoms with Gasteiger partial charge >= 0.3 is 0 Å². The predicted molar refractivity (Wildman–Crippen MR) is 124 cm³/mol. The number of imidazole rings is 1. The minimum Gasteiger partial charge on any atom is -0.438 e. The van der Waals surface area contributed by atoms with Gasteiger partial charge in [0.05, 0.1) is 36.4 Å². The normalized spacial score (nSPS) is 14.6. The van der Waals surface area contributed by atoms with E-state index in [0.29, 0.717) is 42.7 Å². The van der Waals surface area contributed by atoms with Crippen LogP contribution >= 0.6 is 0 Å². The molecule has 1 aliphatic rings. The summed E-state index contributed by atoms with van der Waals surface area (Å²) in [6.07, 6.45) is 1.46. The van der Waals surface area contributed by atoms with Crippen LogP contribution in [0.3, 0.4) is 0 Å². The summed E-state index contributed by atoms with van der Waals surface area (Å²) in [6.45, 7) is 5.05. The summed E-state index contributed by atoms with van der Waals surface area (Å²) in [6, 6.07) is 19.3. The molecule has 33 heavy (non-hydrogen) atoms. The molecular formula is C25H26N4O4. The molecule has 0 spiro atoms. The van der Waals surface area contributed by atoms with Crippen LogP contribution in [0.5, 0.6) is 11.6 Å². The minimum atomic E-state index is -0.893. The molecule has 0 atom stereocenters. The van der Waals surface area contributed by atoms with Crippen molar-refractivity contribution in [1.82, 2.24) is 14.6 Å². The molecule has 170 valence electrons. The van der Waals surface area contributed by atoms with Gasteiger partial charge in [-0.1, -0.05) is 42.5 Å². The van der Waals surface area contributed by atoms with Crippen molar-refractivity contribution in [3.8, 4) is 22.9 Å². The second-order valence-corrected chi connectivity index (χ2v) is 8.55. The van der Waals surface area contributed by atoms with E-state index in [-0.39, 0.29) is 6.29 Å². The Morgan fingerprint density at radius 3 is 2.52 bits per heavy atom. The molecule has 0 bridgehead atoms. The number of hydrogen-bond donors (Lipinski definition) is 2. The molecule has 2 N–H and O–H groups in total. The van der Waals surface area contributed by atoms with Crippen molar-refractivity contribution in [2.45, 2.75) is 25.7 Å². The molecule has 1 saturated heterocycles. The van der Waals surface area contributed by atoms with Crippen LogP contribution in [0.4, 0.5) is 5.69 Å². The fourth-order valence-corrected chi connectivity index (χ4v) is 3.61. The molecule has 2 aromatic heterocycles. The Labute approximate surface area is 191 Å². The standard InChI is InChI=1S/C25H26N4O4/c1-25(2,30)16-27-20-14-22(33-19-6-4-3-5-7-19)28-29-21(15-26-23(20)29)17-8-10-18(11-9-17)24-31-12-13-32-24/h3-11,14-15,24,27,30H,12-13,16H2,1-2H3. The van der Waals surface area contributed by atoms with Crippen LogP contribution in [0.1, 0.15) is 25.7 Å². The Kier molecular flexibility index (Phi) is 5.72. The largest absolute Gasteiger partial charge is 0.438 e. The number of nitrogens with one attached hydrogen (secondary N) is 1. The van der Waals surface area contributed by atoms with Crippen LogP contribution < -0.4 is 10.1 Å². The quantitative estimate of drug-likeness (QED) is 0.434. The second kappa shape index (κ2) is 8.82. The van der Waals surface area contributed by atoms with E-state index in [1.807, 2.05) is 54.6 Å². The van der Waals surface area contributed by atoms with Crippen LogP contribution in [0, 0.1) is 0 Å². The predicted octanol–water partition coefficient (Wildman–Crippen LogP) is 4.42. The van der Waals surface area contributed by atoms with E-state index in [1.165, 1.54) is 0 Å². The van der Waals surface area contributed by atoms with Gasteiger partial charge in [-0.3, -0.25) is 0 Å². The van der Waals surface area contributed by atoms with Crippen molar-refractivity contribution in [3.05, 3.63) is 72.4 Å². The summed E-state index contributed by atoms with van der Waals surface area (Å²) in [5.41, 5.74) is 3.20. The van der Waals surface area contributed by atoms with Crippen molar-refractivity contribution >= 4 is 11.3 Å². The van der Waals surface area contributed by atoms with E-state index in [0.717, 1.165) is 16.8 Å². The molecule has 0 amide bonds. The summed E-state index contributed by atoms with van der Waals surface area (Å²) >= 11 is 0. The summed E-state index contributed by atoms with van der Waals surface area (Å²) in [4.78, 5) is 4.60. The van der Waals surface area contributed by atoms with Gasteiger partial charge in [0.15, 0.2) is 11.9 Å². The topological polar surface area (TPSA) is 90.1 Å². The number of hydrogen-bond acceptors (Lipinski definition) is 7. The fourth-order valence-electron chi connectivity index (χ4n) is 3.61. The lowest BCUT2D eigenvalue weighted by molar-refractivity contribution is -0.0441. The van der Waals surface area contributed by atoms with Crippen molar-refractivity contribution < 1.29 is 19.3 Å². The highest BCUT2D eigenvalue weighted by molar-refractivity contribution is 5.73. The molecule has 4 aromatic rings. The van der Waals surface area contributed by atoms with E-state index in [1.54, 1.807) is 30.6 Å². The first kappa shape index (κ1) is 21.4. The van der Waals surface area contributed by atoms with E-state index >= 15 is 0 Å². The van der Waals surface area contributed by atoms with Gasteiger partial charge in [0.1, 0.15) is 5.75 Å². The van der Waals surface area contributed by atoms with E-state index in [9.17, 15) is 5.11 Å². The van der Waals surface area contributed by atoms with Crippen LogP contribution in [0.2, 0.25) is 0 Å². The van der Waals surface area contributed by atoms with Crippen LogP contribution in [0.25, 0.3) is 16.9 Å². The second-order valence-electron chi connectivity index (χ2n) is 8.55. The first-order chi connectivity index (χ1) is 16.0. The Bertz CT molecular complexity index is 1230. The maximum Gasteiger partial charge on any atom is 0.239 e. The van der Waals surface area contributed by atoms with Crippen LogP contribution in [-0.2, 0) is 9.47 Å². The van der Waals surface area contributed by atoms with E-state index in [4.69, 9.17) is 19.3 Å². The molecule has 1 fully saturated rings. The van der Waals surface area contributed by atoms with E-state index in [2.05, 4.69) is 10.3 Å². The van der Waals surface area contributed by atoms with Crippen LogP contribution in [-0.4, -0.2) is 45.1 Å². The summed E-state index contributed by atoms with van der Waals surface area (Å²) in [7, 11) is 0. The maximum absolute atomic E-state index is 10.2. The van der Waals surface area contributed by atoms with Gasteiger partial charge in [-0.25, -0.2) is 9.50 Å². The van der Waals surface area contributed by atoms with Gasteiger partial charge < -0.3 is 24.6 Å². The monoisotopic (exact) mass is 446 g/mol. The van der Waals surface area contributed by atoms with Crippen molar-refractivity contribution in [3.63, 3.8) is 0 Å². The van der Waals surface area contributed by atoms with Crippen LogP contribution in [0.15, 0.2) is 66.9 Å². The number of aliphatic hydroxyl groups is 1. The fraction of sp³-hybridized carbons (Fsp3) is 0.280. The van der Waals surface area contributed by atoms with Crippen molar-refractivity contribution in [2.24, 2.45) is 0 Å². The van der Waals surface area contributed by atoms with Gasteiger partial charge in [-0.05, 0) is 26.0 Å². The average Bonchev–Trinajstić information content (AvgIpc) is 3.48. The number of anilines is 1.